The number of hydrogen-bond acceptors (Lipinski definition) is 7. The van der Waals surface area contributed by atoms with Crippen molar-refractivity contribution in [3.8, 4) is 0 Å². The number of rotatable bonds is 16. The summed E-state index contributed by atoms with van der Waals surface area (Å²) in [6.07, 6.45) is 0. The summed E-state index contributed by atoms with van der Waals surface area (Å²) in [6.45, 7) is 3.19. The maximum atomic E-state index is 7.96. The molecule has 0 saturated carbocycles. The van der Waals surface area contributed by atoms with Gasteiger partial charge in [-0.15, -0.1) is 0 Å². The zero-order valence-electron chi connectivity index (χ0n) is 23.0. The first-order chi connectivity index (χ1) is 19.7. The Morgan fingerprint density at radius 1 is 0.525 bits per heavy atom. The molecule has 0 aliphatic carbocycles. The molecular formula is C33H39N7. The van der Waals surface area contributed by atoms with Crippen molar-refractivity contribution in [2.75, 3.05) is 33.2 Å². The molecule has 4 rings (SSSR count). The van der Waals surface area contributed by atoms with Crippen molar-refractivity contribution in [1.29, 1.82) is 11.1 Å². The second kappa shape index (κ2) is 15.5. The first-order valence-electron chi connectivity index (χ1n) is 13.8. The normalized spacial score (nSPS) is 14.2. The molecule has 4 atom stereocenters. The van der Waals surface area contributed by atoms with E-state index in [1.54, 1.807) is 0 Å². The number of nitrogens with one attached hydrogen (secondary N) is 4. The third kappa shape index (κ3) is 7.99. The minimum atomic E-state index is -0.300. The van der Waals surface area contributed by atoms with Gasteiger partial charge in [-0.1, -0.05) is 121 Å². The van der Waals surface area contributed by atoms with E-state index in [-0.39, 0.29) is 24.2 Å². The van der Waals surface area contributed by atoms with Gasteiger partial charge in [-0.2, -0.15) is 10.2 Å². The lowest BCUT2D eigenvalue weighted by Crippen LogP contribution is -2.38. The molecule has 7 heteroatoms. The molecule has 4 unspecified atom stereocenters. The van der Waals surface area contributed by atoms with Gasteiger partial charge in [-0.25, -0.2) is 11.1 Å². The van der Waals surface area contributed by atoms with Crippen molar-refractivity contribution in [3.05, 3.63) is 144 Å². The predicted molar refractivity (Wildman–Crippen MR) is 161 cm³/mol. The van der Waals surface area contributed by atoms with Crippen molar-refractivity contribution in [2.24, 2.45) is 10.2 Å². The largest absolute Gasteiger partial charge is 0.307 e. The highest BCUT2D eigenvalue weighted by Gasteiger charge is 2.25. The van der Waals surface area contributed by atoms with Crippen LogP contribution in [0.25, 0.3) is 0 Å². The highest BCUT2D eigenvalue weighted by Crippen LogP contribution is 2.33. The molecule has 0 amide bonds. The van der Waals surface area contributed by atoms with E-state index in [1.165, 1.54) is 0 Å². The summed E-state index contributed by atoms with van der Waals surface area (Å²) >= 11 is 0. The third-order valence-electron chi connectivity index (χ3n) is 7.22. The van der Waals surface area contributed by atoms with Crippen molar-refractivity contribution in [3.63, 3.8) is 0 Å². The molecular weight excluding hydrogens is 494 g/mol. The standard InChI is InChI=1S/C33H39N7/c1-40(24-22-36-30(26-14-6-2-7-15-26)32(38-34)28-18-10-4-11-19-28)25-23-37-31(27-16-8-3-9-17-27)33(39-35)29-20-12-5-13-21-29/h2-21,30-37H,22-25H2,1H3. The molecule has 4 aromatic carbocycles. The number of hydrogen-bond donors (Lipinski definition) is 4. The van der Waals surface area contributed by atoms with Gasteiger partial charge in [0, 0.05) is 26.2 Å². The summed E-state index contributed by atoms with van der Waals surface area (Å²) in [4.78, 5) is 2.29. The van der Waals surface area contributed by atoms with E-state index in [0.717, 1.165) is 48.4 Å². The van der Waals surface area contributed by atoms with Gasteiger partial charge in [0.1, 0.15) is 12.1 Å². The van der Waals surface area contributed by atoms with Crippen LogP contribution in [0, 0.1) is 11.1 Å². The van der Waals surface area contributed by atoms with E-state index in [0.29, 0.717) is 0 Å². The topological polar surface area (TPSA) is 99.7 Å². The Morgan fingerprint density at radius 3 is 1.12 bits per heavy atom. The fourth-order valence-electron chi connectivity index (χ4n) is 5.06. The first kappa shape index (κ1) is 29.0. The molecule has 4 aromatic rings. The van der Waals surface area contributed by atoms with Crippen LogP contribution < -0.4 is 10.6 Å². The average Bonchev–Trinajstić information content (AvgIpc) is 3.02. The summed E-state index contributed by atoms with van der Waals surface area (Å²) < 4.78 is 0. The van der Waals surface area contributed by atoms with Crippen LogP contribution in [0.5, 0.6) is 0 Å². The zero-order valence-corrected chi connectivity index (χ0v) is 23.0. The molecule has 0 radical (unpaired) electrons. The minimum Gasteiger partial charge on any atom is -0.307 e. The Kier molecular flexibility index (Phi) is 11.2. The Bertz CT molecular complexity index is 1170. The van der Waals surface area contributed by atoms with Crippen LogP contribution in [0.1, 0.15) is 46.4 Å². The number of benzene rings is 4. The van der Waals surface area contributed by atoms with Gasteiger partial charge in [0.15, 0.2) is 0 Å². The fourth-order valence-corrected chi connectivity index (χ4v) is 5.06. The average molecular weight is 534 g/mol. The maximum absolute atomic E-state index is 7.96. The van der Waals surface area contributed by atoms with Crippen molar-refractivity contribution in [2.45, 2.75) is 24.2 Å². The predicted octanol–water partition coefficient (Wildman–Crippen LogP) is 7.12. The van der Waals surface area contributed by atoms with E-state index < -0.39 is 0 Å². The summed E-state index contributed by atoms with van der Waals surface area (Å²) in [5.41, 5.74) is 20.2. The van der Waals surface area contributed by atoms with E-state index in [4.69, 9.17) is 11.1 Å². The maximum Gasteiger partial charge on any atom is 0.115 e. The Labute approximate surface area is 237 Å². The molecule has 0 aromatic heterocycles. The summed E-state index contributed by atoms with van der Waals surface area (Å²) in [5, 5.41) is 15.4. The zero-order chi connectivity index (χ0) is 28.0. The quantitative estimate of drug-likeness (QED) is 0.115. The molecule has 0 aliphatic rings. The summed E-state index contributed by atoms with van der Waals surface area (Å²) in [5.74, 6) is 0. The number of likely N-dealkylation sites (N-methyl/N-ethyl adjacent to an activating group) is 1. The molecule has 206 valence electrons. The van der Waals surface area contributed by atoms with Gasteiger partial charge in [-0.05, 0) is 29.3 Å². The van der Waals surface area contributed by atoms with Gasteiger partial charge in [0.25, 0.3) is 0 Å². The molecule has 40 heavy (non-hydrogen) atoms. The van der Waals surface area contributed by atoms with Crippen LogP contribution in [-0.4, -0.2) is 38.1 Å². The van der Waals surface area contributed by atoms with E-state index in [2.05, 4.69) is 57.1 Å². The monoisotopic (exact) mass is 533 g/mol. The van der Waals surface area contributed by atoms with Gasteiger partial charge < -0.3 is 15.5 Å². The number of nitrogens with zero attached hydrogens (tertiary/aromatic N) is 3. The Balaban J connectivity index is 1.36. The van der Waals surface area contributed by atoms with Gasteiger partial charge in [0.2, 0.25) is 0 Å². The van der Waals surface area contributed by atoms with E-state index in [9.17, 15) is 0 Å². The van der Waals surface area contributed by atoms with Gasteiger partial charge >= 0.3 is 0 Å². The summed E-state index contributed by atoms with van der Waals surface area (Å²) in [6, 6.07) is 39.8. The lowest BCUT2D eigenvalue weighted by atomic mass is 9.94. The molecule has 0 fully saturated rings. The second-order valence-corrected chi connectivity index (χ2v) is 9.96. The smallest absolute Gasteiger partial charge is 0.115 e. The third-order valence-corrected chi connectivity index (χ3v) is 7.22. The van der Waals surface area contributed by atoms with Crippen LogP contribution in [0.3, 0.4) is 0 Å². The van der Waals surface area contributed by atoms with Crippen molar-refractivity contribution < 1.29 is 0 Å². The fraction of sp³-hybridized carbons (Fsp3) is 0.273. The van der Waals surface area contributed by atoms with Crippen LogP contribution in [0.2, 0.25) is 0 Å². The Hall–Kier alpha value is -4.04. The van der Waals surface area contributed by atoms with Crippen LogP contribution >= 0.6 is 0 Å². The minimum absolute atomic E-state index is 0.0969. The van der Waals surface area contributed by atoms with Crippen LogP contribution in [-0.2, 0) is 0 Å². The van der Waals surface area contributed by atoms with Crippen LogP contribution in [0.4, 0.5) is 0 Å². The van der Waals surface area contributed by atoms with E-state index >= 15 is 0 Å². The summed E-state index contributed by atoms with van der Waals surface area (Å²) in [7, 11) is 2.12. The molecule has 0 spiro atoms. The lowest BCUT2D eigenvalue weighted by molar-refractivity contribution is 0.303. The molecule has 4 N–H and O–H groups in total. The van der Waals surface area contributed by atoms with Crippen LogP contribution in [0.15, 0.2) is 132 Å². The van der Waals surface area contributed by atoms with Gasteiger partial charge in [-0.3, -0.25) is 0 Å². The lowest BCUT2D eigenvalue weighted by Gasteiger charge is -2.28. The molecule has 0 heterocycles. The molecule has 0 saturated heterocycles. The SMILES string of the molecule is CN(CCNC(c1ccccc1)C(N=N)c1ccccc1)CCNC(c1ccccc1)C(N=N)c1ccccc1. The Morgan fingerprint density at radius 2 is 0.825 bits per heavy atom. The first-order valence-corrected chi connectivity index (χ1v) is 13.8. The van der Waals surface area contributed by atoms with Crippen molar-refractivity contribution >= 4 is 0 Å². The van der Waals surface area contributed by atoms with Crippen molar-refractivity contribution in [1.82, 2.24) is 15.5 Å². The van der Waals surface area contributed by atoms with Gasteiger partial charge in [0.05, 0.1) is 12.1 Å². The molecule has 0 bridgehead atoms. The molecule has 7 nitrogen and oxygen atoms in total. The van der Waals surface area contributed by atoms with E-state index in [1.807, 2.05) is 97.1 Å². The molecule has 0 aliphatic heterocycles. The second-order valence-electron chi connectivity index (χ2n) is 9.96. The highest BCUT2D eigenvalue weighted by molar-refractivity contribution is 5.29. The highest BCUT2D eigenvalue weighted by atomic mass is 15.1.